The summed E-state index contributed by atoms with van der Waals surface area (Å²) in [5, 5.41) is 20.2. The Morgan fingerprint density at radius 3 is 2.38 bits per heavy atom. The highest BCUT2D eigenvalue weighted by Gasteiger charge is 2.38. The van der Waals surface area contributed by atoms with Crippen molar-refractivity contribution in [2.24, 2.45) is 5.92 Å². The van der Waals surface area contributed by atoms with E-state index in [0.29, 0.717) is 23.5 Å². The predicted octanol–water partition coefficient (Wildman–Crippen LogP) is 2.80. The molecule has 21 heavy (non-hydrogen) atoms. The van der Waals surface area contributed by atoms with Gasteiger partial charge in [0.2, 0.25) is 0 Å². The van der Waals surface area contributed by atoms with Crippen LogP contribution in [0.1, 0.15) is 38.7 Å². The monoisotopic (exact) mass is 296 g/mol. The van der Waals surface area contributed by atoms with Crippen LogP contribution in [0.15, 0.2) is 18.2 Å². The van der Waals surface area contributed by atoms with Gasteiger partial charge < -0.3 is 19.7 Å². The van der Waals surface area contributed by atoms with Crippen molar-refractivity contribution in [3.8, 4) is 11.5 Å². The first-order valence-corrected chi connectivity index (χ1v) is 7.06. The molecule has 0 aliphatic carbocycles. The maximum atomic E-state index is 11.5. The van der Waals surface area contributed by atoms with Crippen molar-refractivity contribution >= 4 is 5.97 Å². The lowest BCUT2D eigenvalue weighted by atomic mass is 9.80. The largest absolute Gasteiger partial charge is 0.493 e. The van der Waals surface area contributed by atoms with Gasteiger partial charge in [-0.2, -0.15) is 0 Å². The smallest absolute Gasteiger partial charge is 0.309 e. The first-order chi connectivity index (χ1) is 9.88. The molecule has 0 aliphatic rings. The van der Waals surface area contributed by atoms with Crippen LogP contribution in [0, 0.1) is 5.92 Å². The molecule has 0 bridgehead atoms. The van der Waals surface area contributed by atoms with Gasteiger partial charge in [-0.1, -0.05) is 25.8 Å². The fraction of sp³-hybridized carbons (Fsp3) is 0.562. The van der Waals surface area contributed by atoms with Crippen LogP contribution in [-0.2, 0) is 10.4 Å². The highest BCUT2D eigenvalue weighted by atomic mass is 16.5. The fourth-order valence-corrected chi connectivity index (χ4v) is 2.41. The molecule has 0 saturated carbocycles. The highest BCUT2D eigenvalue weighted by molar-refractivity contribution is 5.72. The van der Waals surface area contributed by atoms with Crippen LogP contribution < -0.4 is 9.47 Å². The number of hydrogen-bond donors (Lipinski definition) is 2. The number of benzene rings is 1. The van der Waals surface area contributed by atoms with Gasteiger partial charge >= 0.3 is 5.97 Å². The summed E-state index contributed by atoms with van der Waals surface area (Å²) in [6.45, 7) is 3.52. The fourth-order valence-electron chi connectivity index (χ4n) is 2.41. The molecule has 0 saturated heterocycles. The number of methoxy groups -OCH3 is 2. The van der Waals surface area contributed by atoms with Crippen LogP contribution in [0.25, 0.3) is 0 Å². The first-order valence-electron chi connectivity index (χ1n) is 7.06. The summed E-state index contributed by atoms with van der Waals surface area (Å²) in [5.41, 5.74) is -0.968. The van der Waals surface area contributed by atoms with Gasteiger partial charge in [0.05, 0.1) is 20.1 Å². The van der Waals surface area contributed by atoms with E-state index >= 15 is 0 Å². The topological polar surface area (TPSA) is 76.0 Å². The third kappa shape index (κ3) is 3.88. The molecule has 5 nitrogen and oxygen atoms in total. The van der Waals surface area contributed by atoms with E-state index in [0.717, 1.165) is 12.8 Å². The lowest BCUT2D eigenvalue weighted by Crippen LogP contribution is -2.37. The lowest BCUT2D eigenvalue weighted by molar-refractivity contribution is -0.152. The van der Waals surface area contributed by atoms with E-state index in [2.05, 4.69) is 0 Å². The van der Waals surface area contributed by atoms with E-state index in [4.69, 9.17) is 9.47 Å². The van der Waals surface area contributed by atoms with Gasteiger partial charge in [-0.15, -0.1) is 0 Å². The van der Waals surface area contributed by atoms with E-state index in [1.165, 1.54) is 21.1 Å². The molecule has 0 aromatic heterocycles. The minimum absolute atomic E-state index is 0.424. The average molecular weight is 296 g/mol. The van der Waals surface area contributed by atoms with E-state index in [1.54, 1.807) is 18.2 Å². The molecular formula is C16H24O5. The van der Waals surface area contributed by atoms with Gasteiger partial charge in [-0.3, -0.25) is 4.79 Å². The maximum absolute atomic E-state index is 11.5. The summed E-state index contributed by atoms with van der Waals surface area (Å²) in [5.74, 6) is -0.855. The molecule has 1 aromatic rings. The molecule has 0 spiro atoms. The van der Waals surface area contributed by atoms with Crippen molar-refractivity contribution < 1.29 is 24.5 Å². The summed E-state index contributed by atoms with van der Waals surface area (Å²) >= 11 is 0. The maximum Gasteiger partial charge on any atom is 0.309 e. The minimum Gasteiger partial charge on any atom is -0.493 e. The van der Waals surface area contributed by atoms with Crippen molar-refractivity contribution in [3.05, 3.63) is 23.8 Å². The Morgan fingerprint density at radius 1 is 1.29 bits per heavy atom. The predicted molar refractivity (Wildman–Crippen MR) is 79.8 cm³/mol. The minimum atomic E-state index is -1.47. The molecule has 5 heteroatoms. The molecular weight excluding hydrogens is 272 g/mol. The Bertz CT molecular complexity index is 482. The number of aliphatic carboxylic acids is 1. The normalized spacial score (nSPS) is 15.1. The molecule has 1 rings (SSSR count). The van der Waals surface area contributed by atoms with Crippen LogP contribution in [0.4, 0.5) is 0 Å². The standard InChI is InChI=1S/C16H24O5/c1-5-6-7-12(15(17)18)16(2,19)11-8-9-13(20-3)14(10-11)21-4/h8-10,12,19H,5-7H2,1-4H3,(H,17,18). The summed E-state index contributed by atoms with van der Waals surface area (Å²) < 4.78 is 10.4. The Labute approximate surface area is 125 Å². The first kappa shape index (κ1) is 17.3. The SMILES string of the molecule is CCCCC(C(=O)O)C(C)(O)c1ccc(OC)c(OC)c1. The number of carboxylic acids is 1. The molecule has 0 amide bonds. The number of carboxylic acid groups (broad SMARTS) is 1. The van der Waals surface area contributed by atoms with Crippen LogP contribution in [0.2, 0.25) is 0 Å². The zero-order valence-corrected chi connectivity index (χ0v) is 13.0. The van der Waals surface area contributed by atoms with Crippen LogP contribution in [0.5, 0.6) is 11.5 Å². The van der Waals surface area contributed by atoms with Gasteiger partial charge in [0.25, 0.3) is 0 Å². The Balaban J connectivity index is 3.17. The van der Waals surface area contributed by atoms with Crippen molar-refractivity contribution in [1.82, 2.24) is 0 Å². The lowest BCUT2D eigenvalue weighted by Gasteiger charge is -2.31. The van der Waals surface area contributed by atoms with Gasteiger partial charge in [0.15, 0.2) is 11.5 Å². The van der Waals surface area contributed by atoms with E-state index in [-0.39, 0.29) is 0 Å². The second-order valence-corrected chi connectivity index (χ2v) is 5.25. The molecule has 0 heterocycles. The number of unbranched alkanes of at least 4 members (excludes halogenated alkanes) is 1. The van der Waals surface area contributed by atoms with Crippen molar-refractivity contribution in [1.29, 1.82) is 0 Å². The third-order valence-electron chi connectivity index (χ3n) is 3.79. The van der Waals surface area contributed by atoms with Crippen molar-refractivity contribution in [3.63, 3.8) is 0 Å². The van der Waals surface area contributed by atoms with E-state index < -0.39 is 17.5 Å². The molecule has 0 radical (unpaired) electrons. The zero-order valence-electron chi connectivity index (χ0n) is 13.0. The van der Waals surface area contributed by atoms with E-state index in [1.807, 2.05) is 6.92 Å². The third-order valence-corrected chi connectivity index (χ3v) is 3.79. The summed E-state index contributed by atoms with van der Waals surface area (Å²) in [7, 11) is 3.03. The number of hydrogen-bond acceptors (Lipinski definition) is 4. The average Bonchev–Trinajstić information content (AvgIpc) is 2.46. The van der Waals surface area contributed by atoms with Crippen molar-refractivity contribution in [2.75, 3.05) is 14.2 Å². The molecule has 2 N–H and O–H groups in total. The molecule has 2 unspecified atom stereocenters. The highest BCUT2D eigenvalue weighted by Crippen LogP contribution is 2.37. The Morgan fingerprint density at radius 2 is 1.90 bits per heavy atom. The van der Waals surface area contributed by atoms with Gasteiger partial charge in [0, 0.05) is 0 Å². The Hall–Kier alpha value is -1.75. The zero-order chi connectivity index (χ0) is 16.0. The summed E-state index contributed by atoms with van der Waals surface area (Å²) in [6, 6.07) is 4.96. The summed E-state index contributed by atoms with van der Waals surface area (Å²) in [4.78, 5) is 11.5. The van der Waals surface area contributed by atoms with Crippen LogP contribution in [-0.4, -0.2) is 30.4 Å². The van der Waals surface area contributed by atoms with Crippen LogP contribution >= 0.6 is 0 Å². The number of rotatable bonds is 8. The molecule has 0 fully saturated rings. The number of carbonyl (C=O) groups is 1. The summed E-state index contributed by atoms with van der Waals surface area (Å²) in [6.07, 6.45) is 2.05. The van der Waals surface area contributed by atoms with Crippen LogP contribution in [0.3, 0.4) is 0 Å². The van der Waals surface area contributed by atoms with Gasteiger partial charge in [0.1, 0.15) is 5.60 Å². The molecule has 2 atom stereocenters. The van der Waals surface area contributed by atoms with Gasteiger partial charge in [-0.05, 0) is 31.0 Å². The van der Waals surface area contributed by atoms with Gasteiger partial charge in [-0.25, -0.2) is 0 Å². The number of ether oxygens (including phenoxy) is 2. The van der Waals surface area contributed by atoms with E-state index in [9.17, 15) is 15.0 Å². The molecule has 118 valence electrons. The quantitative estimate of drug-likeness (QED) is 0.771. The molecule has 1 aromatic carbocycles. The Kier molecular flexibility index (Phi) is 6.03. The van der Waals surface area contributed by atoms with Crippen molar-refractivity contribution in [2.45, 2.75) is 38.7 Å². The second kappa shape index (κ2) is 7.31. The number of aliphatic hydroxyl groups is 1. The second-order valence-electron chi connectivity index (χ2n) is 5.25. The molecule has 0 aliphatic heterocycles.